The fraction of sp³-hybridized carbons (Fsp3) is 0.500. The number of unbranched alkanes of at least 4 members (excludes halogenated alkanes) is 1. The predicted octanol–water partition coefficient (Wildman–Crippen LogP) is 2.40. The Morgan fingerprint density at radius 1 is 1.53 bits per heavy atom. The molecular formula is C10H13ClN2O2. The van der Waals surface area contributed by atoms with Crippen LogP contribution in [0.2, 0.25) is 5.15 Å². The van der Waals surface area contributed by atoms with Gasteiger partial charge in [-0.2, -0.15) is 0 Å². The van der Waals surface area contributed by atoms with Crippen LogP contribution in [0.4, 0.5) is 0 Å². The van der Waals surface area contributed by atoms with Crippen LogP contribution in [-0.4, -0.2) is 22.5 Å². The van der Waals surface area contributed by atoms with Gasteiger partial charge < -0.3 is 4.74 Å². The van der Waals surface area contributed by atoms with Crippen LogP contribution in [0.25, 0.3) is 0 Å². The molecule has 0 spiro atoms. The number of aromatic nitrogens is 2. The van der Waals surface area contributed by atoms with E-state index in [0.717, 1.165) is 12.8 Å². The number of halogens is 1. The zero-order valence-corrected chi connectivity index (χ0v) is 9.54. The van der Waals surface area contributed by atoms with E-state index < -0.39 is 5.97 Å². The third kappa shape index (κ3) is 3.16. The molecule has 0 fully saturated rings. The van der Waals surface area contributed by atoms with Crippen molar-refractivity contribution in [3.63, 3.8) is 0 Å². The zero-order valence-electron chi connectivity index (χ0n) is 8.79. The lowest BCUT2D eigenvalue weighted by atomic mass is 10.2. The molecule has 0 saturated carbocycles. The smallest absolute Gasteiger partial charge is 0.357 e. The minimum atomic E-state index is -0.440. The molecule has 1 rings (SSSR count). The standard InChI is InChI=1S/C10H13ClN2O2/c1-3-4-5-15-10(14)8-7(2)9(11)13-6-12-8/h6H,3-5H2,1-2H3. The second-order valence-corrected chi connectivity index (χ2v) is 3.49. The maximum absolute atomic E-state index is 11.5. The average molecular weight is 229 g/mol. The van der Waals surface area contributed by atoms with Gasteiger partial charge in [-0.1, -0.05) is 24.9 Å². The fourth-order valence-corrected chi connectivity index (χ4v) is 1.15. The number of esters is 1. The molecule has 0 bridgehead atoms. The number of carbonyl (C=O) groups excluding carboxylic acids is 1. The van der Waals surface area contributed by atoms with E-state index in [2.05, 4.69) is 9.97 Å². The van der Waals surface area contributed by atoms with E-state index in [1.165, 1.54) is 6.33 Å². The molecule has 15 heavy (non-hydrogen) atoms. The van der Waals surface area contributed by atoms with Crippen LogP contribution in [0.5, 0.6) is 0 Å². The van der Waals surface area contributed by atoms with Crippen molar-refractivity contribution in [1.29, 1.82) is 0 Å². The Hall–Kier alpha value is -1.16. The highest BCUT2D eigenvalue weighted by Crippen LogP contribution is 2.14. The Bertz CT molecular complexity index is 355. The summed E-state index contributed by atoms with van der Waals surface area (Å²) in [6.07, 6.45) is 3.09. The first-order valence-corrected chi connectivity index (χ1v) is 5.18. The lowest BCUT2D eigenvalue weighted by Crippen LogP contribution is -2.11. The van der Waals surface area contributed by atoms with E-state index >= 15 is 0 Å². The number of hydrogen-bond donors (Lipinski definition) is 0. The summed E-state index contributed by atoms with van der Waals surface area (Å²) in [6.45, 7) is 4.13. The van der Waals surface area contributed by atoms with Crippen molar-refractivity contribution in [1.82, 2.24) is 9.97 Å². The average Bonchev–Trinajstić information content (AvgIpc) is 2.22. The topological polar surface area (TPSA) is 52.1 Å². The van der Waals surface area contributed by atoms with E-state index in [1.54, 1.807) is 6.92 Å². The summed E-state index contributed by atoms with van der Waals surface area (Å²) in [5.74, 6) is -0.440. The molecule has 0 aliphatic heterocycles. The van der Waals surface area contributed by atoms with Gasteiger partial charge in [-0.25, -0.2) is 14.8 Å². The molecule has 4 nitrogen and oxygen atoms in total. The van der Waals surface area contributed by atoms with Crippen molar-refractivity contribution in [2.24, 2.45) is 0 Å². The van der Waals surface area contributed by atoms with Crippen molar-refractivity contribution >= 4 is 17.6 Å². The highest BCUT2D eigenvalue weighted by Gasteiger charge is 2.14. The molecule has 0 N–H and O–H groups in total. The van der Waals surface area contributed by atoms with Gasteiger partial charge in [0.1, 0.15) is 11.5 Å². The second-order valence-electron chi connectivity index (χ2n) is 3.13. The maximum atomic E-state index is 11.5. The molecule has 5 heteroatoms. The molecule has 0 aliphatic carbocycles. The van der Waals surface area contributed by atoms with Gasteiger partial charge in [0.15, 0.2) is 5.69 Å². The first-order valence-electron chi connectivity index (χ1n) is 4.81. The maximum Gasteiger partial charge on any atom is 0.357 e. The molecule has 0 radical (unpaired) electrons. The minimum Gasteiger partial charge on any atom is -0.461 e. The summed E-state index contributed by atoms with van der Waals surface area (Å²) in [7, 11) is 0. The molecule has 0 unspecified atom stereocenters. The second kappa shape index (κ2) is 5.66. The van der Waals surface area contributed by atoms with Gasteiger partial charge >= 0.3 is 5.97 Å². The van der Waals surface area contributed by atoms with Crippen LogP contribution in [0.15, 0.2) is 6.33 Å². The van der Waals surface area contributed by atoms with Gasteiger partial charge in [0.05, 0.1) is 6.61 Å². The highest BCUT2D eigenvalue weighted by molar-refractivity contribution is 6.30. The van der Waals surface area contributed by atoms with Crippen molar-refractivity contribution in [2.45, 2.75) is 26.7 Å². The van der Waals surface area contributed by atoms with Gasteiger partial charge in [-0.3, -0.25) is 0 Å². The summed E-state index contributed by atoms with van der Waals surface area (Å²) in [5, 5.41) is 0.285. The molecular weight excluding hydrogens is 216 g/mol. The molecule has 0 saturated heterocycles. The quantitative estimate of drug-likeness (QED) is 0.451. The van der Waals surface area contributed by atoms with Crippen LogP contribution in [0.3, 0.4) is 0 Å². The molecule has 1 aromatic heterocycles. The Labute approximate surface area is 93.6 Å². The SMILES string of the molecule is CCCCOC(=O)c1ncnc(Cl)c1C. The van der Waals surface area contributed by atoms with Crippen molar-refractivity contribution < 1.29 is 9.53 Å². The first kappa shape index (κ1) is 11.9. The lowest BCUT2D eigenvalue weighted by molar-refractivity contribution is 0.0491. The minimum absolute atomic E-state index is 0.242. The number of nitrogens with zero attached hydrogens (tertiary/aromatic N) is 2. The van der Waals surface area contributed by atoms with E-state index in [4.69, 9.17) is 16.3 Å². The Morgan fingerprint density at radius 2 is 2.27 bits per heavy atom. The summed E-state index contributed by atoms with van der Waals surface area (Å²) in [4.78, 5) is 19.1. The van der Waals surface area contributed by atoms with Gasteiger partial charge in [-0.05, 0) is 13.3 Å². The third-order valence-electron chi connectivity index (χ3n) is 1.95. The fourth-order valence-electron chi connectivity index (χ4n) is 1.01. The van der Waals surface area contributed by atoms with Crippen molar-refractivity contribution in [2.75, 3.05) is 6.61 Å². The van der Waals surface area contributed by atoms with Crippen LogP contribution in [0, 0.1) is 6.92 Å². The number of ether oxygens (including phenoxy) is 1. The summed E-state index contributed by atoms with van der Waals surface area (Å²) >= 11 is 5.76. The van der Waals surface area contributed by atoms with E-state index in [0.29, 0.717) is 12.2 Å². The molecule has 0 aromatic carbocycles. The van der Waals surface area contributed by atoms with Crippen LogP contribution < -0.4 is 0 Å². The normalized spacial score (nSPS) is 10.1. The monoisotopic (exact) mass is 228 g/mol. The summed E-state index contributed by atoms with van der Waals surface area (Å²) in [5.41, 5.74) is 0.798. The van der Waals surface area contributed by atoms with Gasteiger partial charge in [-0.15, -0.1) is 0 Å². The van der Waals surface area contributed by atoms with E-state index in [1.807, 2.05) is 6.92 Å². The number of hydrogen-bond acceptors (Lipinski definition) is 4. The predicted molar refractivity (Wildman–Crippen MR) is 57.0 cm³/mol. The lowest BCUT2D eigenvalue weighted by Gasteiger charge is -2.05. The molecule has 1 aromatic rings. The Morgan fingerprint density at radius 3 is 2.93 bits per heavy atom. The largest absolute Gasteiger partial charge is 0.461 e. The van der Waals surface area contributed by atoms with Crippen molar-refractivity contribution in [3.8, 4) is 0 Å². The molecule has 0 atom stereocenters. The van der Waals surface area contributed by atoms with Gasteiger partial charge in [0, 0.05) is 5.56 Å². The molecule has 1 heterocycles. The van der Waals surface area contributed by atoms with E-state index in [-0.39, 0.29) is 10.8 Å². The summed E-state index contributed by atoms with van der Waals surface area (Å²) < 4.78 is 5.02. The Kier molecular flexibility index (Phi) is 4.49. The molecule has 0 amide bonds. The Balaban J connectivity index is 2.69. The number of rotatable bonds is 4. The number of carbonyl (C=O) groups is 1. The first-order chi connectivity index (χ1) is 7.16. The summed E-state index contributed by atoms with van der Waals surface area (Å²) in [6, 6.07) is 0. The van der Waals surface area contributed by atoms with Crippen LogP contribution >= 0.6 is 11.6 Å². The molecule has 0 aliphatic rings. The van der Waals surface area contributed by atoms with E-state index in [9.17, 15) is 4.79 Å². The third-order valence-corrected chi connectivity index (χ3v) is 2.33. The van der Waals surface area contributed by atoms with Gasteiger partial charge in [0.25, 0.3) is 0 Å². The highest BCUT2D eigenvalue weighted by atomic mass is 35.5. The van der Waals surface area contributed by atoms with Crippen LogP contribution in [-0.2, 0) is 4.74 Å². The van der Waals surface area contributed by atoms with Gasteiger partial charge in [0.2, 0.25) is 0 Å². The van der Waals surface area contributed by atoms with Crippen LogP contribution in [0.1, 0.15) is 35.8 Å². The molecule has 82 valence electrons. The zero-order chi connectivity index (χ0) is 11.3. The van der Waals surface area contributed by atoms with Crippen molar-refractivity contribution in [3.05, 3.63) is 22.7 Å².